The summed E-state index contributed by atoms with van der Waals surface area (Å²) in [5, 5.41) is 0. The molecular weight excluding hydrogens is 767 g/mol. The molecule has 2 atom stereocenters. The van der Waals surface area contributed by atoms with Gasteiger partial charge < -0.3 is 14.7 Å². The van der Waals surface area contributed by atoms with Gasteiger partial charge in [0, 0.05) is 102 Å². The van der Waals surface area contributed by atoms with Crippen molar-refractivity contribution < 1.29 is 19.2 Å². The minimum atomic E-state index is -0.524. The Kier molecular flexibility index (Phi) is 13.9. The summed E-state index contributed by atoms with van der Waals surface area (Å²) in [5.41, 5.74) is 6.91. The van der Waals surface area contributed by atoms with E-state index in [0.717, 1.165) is 59.5 Å². The summed E-state index contributed by atoms with van der Waals surface area (Å²) in [7, 11) is 0. The Morgan fingerprint density at radius 3 is 2.00 bits per heavy atom. The molecule has 7 nitrogen and oxygen atoms in total. The zero-order chi connectivity index (χ0) is 45.1. The Balaban J connectivity index is 1.11. The van der Waals surface area contributed by atoms with Gasteiger partial charge in [-0.05, 0) is 71.4 Å². The van der Waals surface area contributed by atoms with Gasteiger partial charge in [0.15, 0.2) is 17.3 Å². The summed E-state index contributed by atoms with van der Waals surface area (Å²) in [5.74, 6) is 0.894. The number of Topliss-reactive ketones (excluding diaryl/α,β-unsaturated/α-hetero) is 3. The molecule has 0 N–H and O–H groups in total. The molecule has 0 radical (unpaired) electrons. The highest BCUT2D eigenvalue weighted by Crippen LogP contribution is 2.44. The maximum atomic E-state index is 14.4. The maximum Gasteiger partial charge on any atom is 0.227 e. The Bertz CT molecular complexity index is 2270. The Labute approximate surface area is 371 Å². The summed E-state index contributed by atoms with van der Waals surface area (Å²) in [4.78, 5) is 60.4. The van der Waals surface area contributed by atoms with Crippen molar-refractivity contribution in [1.29, 1.82) is 0 Å². The molecule has 3 heterocycles. The van der Waals surface area contributed by atoms with E-state index in [9.17, 15) is 19.2 Å². The van der Waals surface area contributed by atoms with Crippen LogP contribution in [-0.2, 0) is 20.8 Å². The highest BCUT2D eigenvalue weighted by molar-refractivity contribution is 6.11. The summed E-state index contributed by atoms with van der Waals surface area (Å²) < 4.78 is 0. The third kappa shape index (κ3) is 10.3. The van der Waals surface area contributed by atoms with Gasteiger partial charge in [0.1, 0.15) is 0 Å². The molecule has 3 aliphatic heterocycles. The van der Waals surface area contributed by atoms with E-state index in [1.807, 2.05) is 76.4 Å². The zero-order valence-corrected chi connectivity index (χ0v) is 39.2. The van der Waals surface area contributed by atoms with E-state index in [0.29, 0.717) is 48.9 Å². The van der Waals surface area contributed by atoms with E-state index < -0.39 is 10.8 Å². The summed E-state index contributed by atoms with van der Waals surface area (Å²) in [6.07, 6.45) is 10.6. The fourth-order valence-electron chi connectivity index (χ4n) is 9.34. The van der Waals surface area contributed by atoms with Crippen LogP contribution in [0, 0.1) is 34.0 Å². The molecule has 3 aromatic carbocycles. The zero-order valence-electron chi connectivity index (χ0n) is 39.2. The first kappa shape index (κ1) is 46.2. The van der Waals surface area contributed by atoms with Crippen LogP contribution in [-0.4, -0.2) is 59.2 Å². The third-order valence-corrected chi connectivity index (χ3v) is 13.4. The van der Waals surface area contributed by atoms with Crippen LogP contribution in [0.1, 0.15) is 111 Å². The molecule has 0 aliphatic carbocycles. The number of benzene rings is 3. The fraction of sp³-hybridized carbons (Fsp3) is 0.455. The van der Waals surface area contributed by atoms with E-state index in [1.165, 1.54) is 5.56 Å². The van der Waals surface area contributed by atoms with Crippen molar-refractivity contribution in [3.05, 3.63) is 137 Å². The van der Waals surface area contributed by atoms with E-state index in [2.05, 4.69) is 107 Å². The number of carbonyl (C=O) groups is 4. The molecule has 6 rings (SSSR count). The number of nitrogens with zero attached hydrogens (tertiary/aromatic N) is 3. The van der Waals surface area contributed by atoms with Crippen molar-refractivity contribution in [3.63, 3.8) is 0 Å². The molecule has 328 valence electrons. The number of rotatable bonds is 15. The number of hydrogen-bond donors (Lipinski definition) is 0. The molecular formula is C55H69N3O4. The second-order valence-electron chi connectivity index (χ2n) is 20.4. The van der Waals surface area contributed by atoms with Crippen LogP contribution in [0.15, 0.2) is 126 Å². The first-order valence-electron chi connectivity index (χ1n) is 22.7. The van der Waals surface area contributed by atoms with Crippen LogP contribution in [0.3, 0.4) is 0 Å². The topological polar surface area (TPSA) is 78.0 Å². The quantitative estimate of drug-likeness (QED) is 0.112. The molecule has 2 unspecified atom stereocenters. The van der Waals surface area contributed by atoms with Crippen molar-refractivity contribution in [3.8, 4) is 11.1 Å². The van der Waals surface area contributed by atoms with Crippen molar-refractivity contribution in [2.24, 2.45) is 34.0 Å². The molecule has 7 heteroatoms. The number of anilines is 1. The number of allylic oxidation sites excluding steroid dienone is 4. The predicted octanol–water partition coefficient (Wildman–Crippen LogP) is 11.7. The lowest BCUT2D eigenvalue weighted by molar-refractivity contribution is -0.131. The molecule has 0 aromatic heterocycles. The monoisotopic (exact) mass is 836 g/mol. The second-order valence-corrected chi connectivity index (χ2v) is 20.4. The van der Waals surface area contributed by atoms with E-state index >= 15 is 0 Å². The van der Waals surface area contributed by atoms with Crippen molar-refractivity contribution >= 4 is 28.9 Å². The molecule has 3 aromatic rings. The van der Waals surface area contributed by atoms with Crippen LogP contribution in [0.4, 0.5) is 5.69 Å². The molecule has 0 saturated heterocycles. The minimum Gasteiger partial charge on any atom is -0.377 e. The van der Waals surface area contributed by atoms with Crippen LogP contribution in [0.25, 0.3) is 11.1 Å². The van der Waals surface area contributed by atoms with Gasteiger partial charge in [-0.1, -0.05) is 142 Å². The van der Waals surface area contributed by atoms with Crippen LogP contribution < -0.4 is 4.90 Å². The lowest BCUT2D eigenvalue weighted by Crippen LogP contribution is -2.42. The summed E-state index contributed by atoms with van der Waals surface area (Å²) >= 11 is 0. The molecule has 0 bridgehead atoms. The lowest BCUT2D eigenvalue weighted by atomic mass is 9.68. The Hall–Kier alpha value is -5.30. The lowest BCUT2D eigenvalue weighted by Gasteiger charge is -2.43. The van der Waals surface area contributed by atoms with Gasteiger partial charge in [-0.15, -0.1) is 0 Å². The van der Waals surface area contributed by atoms with E-state index in [1.54, 1.807) is 11.1 Å². The van der Waals surface area contributed by atoms with Gasteiger partial charge in [-0.25, -0.2) is 0 Å². The average Bonchev–Trinajstić information content (AvgIpc) is 3.22. The summed E-state index contributed by atoms with van der Waals surface area (Å²) in [6, 6.07) is 26.7. The number of hydrogen-bond acceptors (Lipinski definition) is 6. The smallest absolute Gasteiger partial charge is 0.227 e. The molecule has 3 aliphatic rings. The highest BCUT2D eigenvalue weighted by atomic mass is 16.2. The Morgan fingerprint density at radius 2 is 1.39 bits per heavy atom. The number of para-hydroxylation sites is 1. The van der Waals surface area contributed by atoms with Crippen LogP contribution >= 0.6 is 0 Å². The SMILES string of the molecule is CCC(=O)C1=CN(c2ccccc2)CC(/C=C(\C)C(=O)C2=CN(CC(C)Cc3ccc(-c4ccc(C(=O)C5=CN(CC(C)C)C(=O)CC5(C)C)cc4)cc3)CCC2(C)C)C1(C)C. The van der Waals surface area contributed by atoms with Gasteiger partial charge in [0.25, 0.3) is 0 Å². The van der Waals surface area contributed by atoms with Gasteiger partial charge >= 0.3 is 0 Å². The minimum absolute atomic E-state index is 0.0290. The molecule has 0 fully saturated rings. The van der Waals surface area contributed by atoms with Gasteiger partial charge in [0.2, 0.25) is 5.91 Å². The third-order valence-electron chi connectivity index (χ3n) is 13.4. The highest BCUT2D eigenvalue weighted by Gasteiger charge is 2.41. The molecule has 1 amide bonds. The normalized spacial score (nSPS) is 20.4. The standard InChI is InChI=1S/C55H69N3O4/c1-12-49(59)46-35-57(45-16-14-13-15-17-45)33-44(55(46,10)11)29-39(5)51(61)47-34-56(27-26-53(47,6)7)32-38(4)28-40-18-20-41(21-19-40)42-22-24-43(25-23-42)52(62)48-36-58(31-37(2)3)50(60)30-54(48,8)9/h13-25,29,34-38,44H,12,26-28,30-33H2,1-11H3/b39-29+. The largest absolute Gasteiger partial charge is 0.377 e. The summed E-state index contributed by atoms with van der Waals surface area (Å²) in [6.45, 7) is 25.9. The molecule has 0 saturated carbocycles. The number of carbonyl (C=O) groups excluding carboxylic acids is 4. The van der Waals surface area contributed by atoms with Gasteiger partial charge in [-0.3, -0.25) is 19.2 Å². The van der Waals surface area contributed by atoms with Gasteiger partial charge in [-0.2, -0.15) is 0 Å². The molecule has 0 spiro atoms. The first-order valence-corrected chi connectivity index (χ1v) is 22.7. The van der Waals surface area contributed by atoms with Crippen LogP contribution in [0.5, 0.6) is 0 Å². The number of ketones is 3. The average molecular weight is 836 g/mol. The van der Waals surface area contributed by atoms with Gasteiger partial charge in [0.05, 0.1) is 0 Å². The van der Waals surface area contributed by atoms with Crippen molar-refractivity contribution in [1.82, 2.24) is 9.80 Å². The molecule has 62 heavy (non-hydrogen) atoms. The van der Waals surface area contributed by atoms with Crippen molar-refractivity contribution in [2.75, 3.05) is 31.1 Å². The maximum absolute atomic E-state index is 14.4. The van der Waals surface area contributed by atoms with Crippen molar-refractivity contribution in [2.45, 2.75) is 102 Å². The predicted molar refractivity (Wildman–Crippen MR) is 253 cm³/mol. The van der Waals surface area contributed by atoms with E-state index in [-0.39, 0.29) is 34.6 Å². The fourth-order valence-corrected chi connectivity index (χ4v) is 9.34. The number of amides is 1. The Morgan fingerprint density at radius 1 is 0.758 bits per heavy atom. The van der Waals surface area contributed by atoms with Crippen LogP contribution in [0.2, 0.25) is 0 Å². The first-order chi connectivity index (χ1) is 29.2. The van der Waals surface area contributed by atoms with E-state index in [4.69, 9.17) is 0 Å². The second kappa shape index (κ2) is 18.6.